The van der Waals surface area contributed by atoms with Crippen LogP contribution in [0, 0.1) is 0 Å². The minimum atomic E-state index is -0.374. The molecule has 132 valence electrons. The van der Waals surface area contributed by atoms with Crippen molar-refractivity contribution in [3.05, 3.63) is 69.1 Å². The molecular formula is C19H17BrN4OS. The number of para-hydroxylation sites is 1. The minimum Gasteiger partial charge on any atom is -0.298 e. The topological polar surface area (TPSA) is 57.1 Å². The Labute approximate surface area is 164 Å². The van der Waals surface area contributed by atoms with E-state index in [0.29, 0.717) is 10.9 Å². The summed E-state index contributed by atoms with van der Waals surface area (Å²) in [5.41, 5.74) is 1.52. The van der Waals surface area contributed by atoms with E-state index in [1.54, 1.807) is 16.8 Å². The molecule has 2 aromatic carbocycles. The number of hydrogen-bond donors (Lipinski definition) is 1. The van der Waals surface area contributed by atoms with Crippen molar-refractivity contribution in [2.75, 3.05) is 5.75 Å². The number of benzene rings is 2. The molecule has 0 bridgehead atoms. The first kappa shape index (κ1) is 17.3. The van der Waals surface area contributed by atoms with E-state index in [4.69, 9.17) is 10.1 Å². The highest BCUT2D eigenvalue weighted by molar-refractivity contribution is 9.10. The summed E-state index contributed by atoms with van der Waals surface area (Å²) >= 11 is 5.07. The summed E-state index contributed by atoms with van der Waals surface area (Å²) < 4.78 is 0.969. The third kappa shape index (κ3) is 3.17. The Morgan fingerprint density at radius 3 is 2.88 bits per heavy atom. The highest BCUT2D eigenvalue weighted by Crippen LogP contribution is 2.31. The Morgan fingerprint density at radius 2 is 2.08 bits per heavy atom. The predicted octanol–water partition coefficient (Wildman–Crippen LogP) is 2.74. The molecule has 0 fully saturated rings. The SMILES string of the molecule is CCCSC1=NN2C(=c3ccccc3=N[C@@H]2c2cccc(Br)c2)C(=O)N1. The molecule has 1 atom stereocenters. The molecule has 4 rings (SSSR count). The number of rotatable bonds is 3. The third-order valence-corrected chi connectivity index (χ3v) is 5.67. The third-order valence-electron chi connectivity index (χ3n) is 4.11. The van der Waals surface area contributed by atoms with Crippen LogP contribution in [-0.4, -0.2) is 21.8 Å². The molecule has 0 saturated carbocycles. The minimum absolute atomic E-state index is 0.138. The van der Waals surface area contributed by atoms with Crippen LogP contribution < -0.4 is 15.9 Å². The van der Waals surface area contributed by atoms with Gasteiger partial charge in [-0.3, -0.25) is 15.1 Å². The van der Waals surface area contributed by atoms with Crippen LogP contribution >= 0.6 is 27.7 Å². The molecule has 0 aromatic heterocycles. The van der Waals surface area contributed by atoms with Gasteiger partial charge in [0.05, 0.1) is 5.36 Å². The van der Waals surface area contributed by atoms with Crippen LogP contribution in [0.1, 0.15) is 25.1 Å². The van der Waals surface area contributed by atoms with Gasteiger partial charge in [0.25, 0.3) is 5.91 Å². The number of nitrogens with zero attached hydrogens (tertiary/aromatic N) is 3. The largest absolute Gasteiger partial charge is 0.298 e. The molecule has 2 aromatic rings. The van der Waals surface area contributed by atoms with Crippen LogP contribution in [0.2, 0.25) is 0 Å². The van der Waals surface area contributed by atoms with Crippen LogP contribution in [0.15, 0.2) is 63.1 Å². The summed E-state index contributed by atoms with van der Waals surface area (Å²) in [4.78, 5) is 17.8. The first-order valence-corrected chi connectivity index (χ1v) is 10.2. The van der Waals surface area contributed by atoms with Gasteiger partial charge < -0.3 is 0 Å². The van der Waals surface area contributed by atoms with Crippen LogP contribution in [-0.2, 0) is 4.79 Å². The zero-order valence-electron chi connectivity index (χ0n) is 14.1. The van der Waals surface area contributed by atoms with E-state index in [1.165, 1.54) is 0 Å². The summed E-state index contributed by atoms with van der Waals surface area (Å²) in [5.74, 6) is 0.762. The number of carbonyl (C=O) groups is 1. The van der Waals surface area contributed by atoms with Gasteiger partial charge in [-0.1, -0.05) is 64.9 Å². The van der Waals surface area contributed by atoms with Gasteiger partial charge in [-0.25, -0.2) is 5.01 Å². The molecule has 26 heavy (non-hydrogen) atoms. The number of amidine groups is 1. The van der Waals surface area contributed by atoms with Crippen molar-refractivity contribution in [3.8, 4) is 0 Å². The quantitative estimate of drug-likeness (QED) is 0.817. The number of halogens is 1. The Balaban J connectivity index is 1.90. The van der Waals surface area contributed by atoms with Gasteiger partial charge in [-0.05, 0) is 30.2 Å². The van der Waals surface area contributed by atoms with Gasteiger partial charge >= 0.3 is 0 Å². The van der Waals surface area contributed by atoms with Crippen molar-refractivity contribution in [1.29, 1.82) is 0 Å². The maximum Gasteiger partial charge on any atom is 0.276 e. The number of carbonyl (C=O) groups excluding carboxylic acids is 1. The molecule has 0 saturated heterocycles. The van der Waals surface area contributed by atoms with E-state index in [-0.39, 0.29) is 12.1 Å². The number of hydrogen-bond acceptors (Lipinski definition) is 5. The maximum absolute atomic E-state index is 12.9. The monoisotopic (exact) mass is 428 g/mol. The number of amides is 1. The molecule has 2 aliphatic rings. The summed E-state index contributed by atoms with van der Waals surface area (Å²) in [6, 6.07) is 15.7. The van der Waals surface area contributed by atoms with E-state index in [2.05, 4.69) is 28.2 Å². The van der Waals surface area contributed by atoms with Gasteiger partial charge in [-0.2, -0.15) is 0 Å². The van der Waals surface area contributed by atoms with Gasteiger partial charge in [0.15, 0.2) is 11.3 Å². The molecule has 1 amide bonds. The van der Waals surface area contributed by atoms with Crippen molar-refractivity contribution in [1.82, 2.24) is 10.3 Å². The van der Waals surface area contributed by atoms with Crippen molar-refractivity contribution < 1.29 is 4.79 Å². The smallest absolute Gasteiger partial charge is 0.276 e. The molecule has 0 unspecified atom stereocenters. The standard InChI is InChI=1S/C19H17BrN4OS/c1-2-10-26-19-22-18(25)16-14-8-3-4-9-15(14)21-17(24(16)23-19)12-6-5-7-13(20)11-12/h3-9,11,17H,2,10H2,1H3,(H,22,23,25)/t17-/m0/s1. The Hall–Kier alpha value is -2.12. The molecule has 0 aliphatic carbocycles. The zero-order valence-corrected chi connectivity index (χ0v) is 16.5. The van der Waals surface area contributed by atoms with E-state index >= 15 is 0 Å². The molecule has 0 spiro atoms. The van der Waals surface area contributed by atoms with Crippen LogP contribution in [0.25, 0.3) is 5.70 Å². The number of hydrazone groups is 1. The van der Waals surface area contributed by atoms with Crippen LogP contribution in [0.5, 0.6) is 0 Å². The van der Waals surface area contributed by atoms with Gasteiger partial charge in [-0.15, -0.1) is 5.10 Å². The van der Waals surface area contributed by atoms with E-state index in [1.807, 2.05) is 48.5 Å². The molecule has 1 N–H and O–H groups in total. The van der Waals surface area contributed by atoms with Crippen molar-refractivity contribution in [2.45, 2.75) is 19.5 Å². The molecule has 7 heteroatoms. The van der Waals surface area contributed by atoms with Gasteiger partial charge in [0, 0.05) is 15.4 Å². The molecule has 2 aliphatic heterocycles. The number of nitrogens with one attached hydrogen (secondary N) is 1. The molecule has 0 radical (unpaired) electrons. The van der Waals surface area contributed by atoms with Crippen molar-refractivity contribution >= 4 is 44.5 Å². The Bertz CT molecular complexity index is 1020. The molecular weight excluding hydrogens is 412 g/mol. The predicted molar refractivity (Wildman–Crippen MR) is 108 cm³/mol. The second-order valence-electron chi connectivity index (χ2n) is 5.98. The van der Waals surface area contributed by atoms with Crippen molar-refractivity contribution in [3.63, 3.8) is 0 Å². The van der Waals surface area contributed by atoms with E-state index in [9.17, 15) is 4.79 Å². The summed E-state index contributed by atoms with van der Waals surface area (Å²) in [7, 11) is 0. The van der Waals surface area contributed by atoms with E-state index < -0.39 is 0 Å². The van der Waals surface area contributed by atoms with E-state index in [0.717, 1.165) is 32.8 Å². The number of thioether (sulfide) groups is 1. The molecule has 5 nitrogen and oxygen atoms in total. The lowest BCUT2D eigenvalue weighted by Crippen LogP contribution is -2.50. The summed E-state index contributed by atoms with van der Waals surface area (Å²) in [5, 5.41) is 11.6. The van der Waals surface area contributed by atoms with Crippen LogP contribution in [0.4, 0.5) is 0 Å². The summed E-state index contributed by atoms with van der Waals surface area (Å²) in [6.07, 6.45) is 0.638. The average Bonchev–Trinajstić information content (AvgIpc) is 2.65. The zero-order chi connectivity index (χ0) is 18.1. The Kier molecular flexibility index (Phi) is 4.82. The van der Waals surface area contributed by atoms with Crippen LogP contribution in [0.3, 0.4) is 0 Å². The summed E-state index contributed by atoms with van der Waals surface area (Å²) in [6.45, 7) is 2.10. The normalized spacial score (nSPS) is 18.5. The number of fused-ring (bicyclic) bond motifs is 2. The first-order valence-electron chi connectivity index (χ1n) is 8.42. The first-order chi connectivity index (χ1) is 12.7. The highest BCUT2D eigenvalue weighted by atomic mass is 79.9. The Morgan fingerprint density at radius 1 is 1.23 bits per heavy atom. The lowest BCUT2D eigenvalue weighted by atomic mass is 10.1. The second kappa shape index (κ2) is 7.25. The lowest BCUT2D eigenvalue weighted by Gasteiger charge is -2.34. The lowest BCUT2D eigenvalue weighted by molar-refractivity contribution is -0.116. The highest BCUT2D eigenvalue weighted by Gasteiger charge is 2.34. The van der Waals surface area contributed by atoms with Crippen molar-refractivity contribution in [2.24, 2.45) is 10.1 Å². The van der Waals surface area contributed by atoms with Gasteiger partial charge in [0.1, 0.15) is 5.70 Å². The molecule has 2 heterocycles. The fourth-order valence-electron chi connectivity index (χ4n) is 2.98. The fourth-order valence-corrected chi connectivity index (χ4v) is 4.10. The second-order valence-corrected chi connectivity index (χ2v) is 7.98. The van der Waals surface area contributed by atoms with Gasteiger partial charge in [0.2, 0.25) is 0 Å². The maximum atomic E-state index is 12.9. The average molecular weight is 429 g/mol. The fraction of sp³-hybridized carbons (Fsp3) is 0.211.